The molecule has 1 amide bonds. The van der Waals surface area contributed by atoms with E-state index < -0.39 is 5.54 Å². The molecule has 2 rings (SSSR count). The van der Waals surface area contributed by atoms with Gasteiger partial charge in [0.25, 0.3) is 0 Å². The standard InChI is InChI=1S/C15H25N3O2/c1-15(10-16,12-6-7-12)17-14(20)9-18(2)8-11-4-3-5-13(11)19/h11-13,19H,3-9H2,1-2H3,(H,17,20). The average Bonchev–Trinajstić information content (AvgIpc) is 3.16. The molecular formula is C15H25N3O2. The fourth-order valence-corrected chi connectivity index (χ4v) is 3.15. The Labute approximate surface area is 120 Å². The summed E-state index contributed by atoms with van der Waals surface area (Å²) >= 11 is 0. The number of hydrogen-bond donors (Lipinski definition) is 2. The van der Waals surface area contributed by atoms with E-state index in [1.54, 1.807) is 0 Å². The van der Waals surface area contributed by atoms with Crippen LogP contribution in [0.3, 0.4) is 0 Å². The predicted molar refractivity (Wildman–Crippen MR) is 75.7 cm³/mol. The minimum absolute atomic E-state index is 0.101. The van der Waals surface area contributed by atoms with Gasteiger partial charge < -0.3 is 10.4 Å². The molecule has 2 saturated carbocycles. The molecular weight excluding hydrogens is 254 g/mol. The van der Waals surface area contributed by atoms with E-state index in [1.807, 2.05) is 18.9 Å². The summed E-state index contributed by atoms with van der Waals surface area (Å²) in [6.07, 6.45) is 4.80. The molecule has 0 radical (unpaired) electrons. The summed E-state index contributed by atoms with van der Waals surface area (Å²) in [7, 11) is 1.89. The van der Waals surface area contributed by atoms with Crippen LogP contribution in [0.25, 0.3) is 0 Å². The van der Waals surface area contributed by atoms with Gasteiger partial charge in [-0.15, -0.1) is 0 Å². The van der Waals surface area contributed by atoms with Gasteiger partial charge in [-0.2, -0.15) is 5.26 Å². The van der Waals surface area contributed by atoms with Crippen LogP contribution < -0.4 is 5.32 Å². The molecule has 0 spiro atoms. The van der Waals surface area contributed by atoms with Gasteiger partial charge in [0.05, 0.1) is 18.7 Å². The van der Waals surface area contributed by atoms with Gasteiger partial charge in [-0.1, -0.05) is 6.42 Å². The van der Waals surface area contributed by atoms with Crippen molar-refractivity contribution >= 4 is 5.91 Å². The molecule has 112 valence electrons. The molecule has 3 unspecified atom stereocenters. The molecule has 5 heteroatoms. The van der Waals surface area contributed by atoms with Crippen molar-refractivity contribution in [3.8, 4) is 6.07 Å². The fraction of sp³-hybridized carbons (Fsp3) is 0.867. The number of nitrogens with zero attached hydrogens (tertiary/aromatic N) is 2. The molecule has 2 aliphatic rings. The maximum Gasteiger partial charge on any atom is 0.235 e. The lowest BCUT2D eigenvalue weighted by atomic mass is 9.98. The number of hydrogen-bond acceptors (Lipinski definition) is 4. The minimum atomic E-state index is -0.717. The number of nitriles is 1. The van der Waals surface area contributed by atoms with Gasteiger partial charge >= 0.3 is 0 Å². The topological polar surface area (TPSA) is 76.4 Å². The van der Waals surface area contributed by atoms with E-state index in [9.17, 15) is 15.2 Å². The first kappa shape index (κ1) is 15.3. The molecule has 20 heavy (non-hydrogen) atoms. The summed E-state index contributed by atoms with van der Waals surface area (Å²) in [6.45, 7) is 2.83. The van der Waals surface area contributed by atoms with Crippen molar-refractivity contribution < 1.29 is 9.90 Å². The van der Waals surface area contributed by atoms with Crippen LogP contribution in [0, 0.1) is 23.2 Å². The van der Waals surface area contributed by atoms with Gasteiger partial charge in [0.1, 0.15) is 5.54 Å². The lowest BCUT2D eigenvalue weighted by Crippen LogP contribution is -2.50. The summed E-state index contributed by atoms with van der Waals surface area (Å²) in [4.78, 5) is 14.0. The molecule has 2 aliphatic carbocycles. The highest BCUT2D eigenvalue weighted by atomic mass is 16.3. The van der Waals surface area contributed by atoms with Crippen molar-refractivity contribution in [1.29, 1.82) is 5.26 Å². The Morgan fingerprint density at radius 2 is 2.15 bits per heavy atom. The third kappa shape index (κ3) is 3.71. The molecule has 2 fully saturated rings. The van der Waals surface area contributed by atoms with Gasteiger partial charge in [0.2, 0.25) is 5.91 Å². The van der Waals surface area contributed by atoms with Crippen molar-refractivity contribution in [1.82, 2.24) is 10.2 Å². The molecule has 2 N–H and O–H groups in total. The number of amides is 1. The van der Waals surface area contributed by atoms with E-state index in [0.29, 0.717) is 5.92 Å². The number of likely N-dealkylation sites (N-methyl/N-ethyl adjacent to an activating group) is 1. The van der Waals surface area contributed by atoms with Crippen molar-refractivity contribution in [2.75, 3.05) is 20.1 Å². The van der Waals surface area contributed by atoms with Gasteiger partial charge in [0, 0.05) is 6.54 Å². The van der Waals surface area contributed by atoms with Crippen molar-refractivity contribution in [2.45, 2.75) is 50.7 Å². The normalized spacial score (nSPS) is 28.9. The number of rotatable bonds is 6. The molecule has 0 aromatic heterocycles. The van der Waals surface area contributed by atoms with E-state index in [0.717, 1.165) is 38.6 Å². The Balaban J connectivity index is 1.77. The zero-order valence-electron chi connectivity index (χ0n) is 12.4. The van der Waals surface area contributed by atoms with Crippen LogP contribution in [0.5, 0.6) is 0 Å². The van der Waals surface area contributed by atoms with Crippen molar-refractivity contribution in [2.24, 2.45) is 11.8 Å². The first-order valence-corrected chi connectivity index (χ1v) is 7.53. The monoisotopic (exact) mass is 279 g/mol. The smallest absolute Gasteiger partial charge is 0.235 e. The van der Waals surface area contributed by atoms with Gasteiger partial charge in [0.15, 0.2) is 0 Å². The third-order valence-electron chi connectivity index (χ3n) is 4.60. The van der Waals surface area contributed by atoms with Crippen LogP contribution in [0.15, 0.2) is 0 Å². The highest BCUT2D eigenvalue weighted by Crippen LogP contribution is 2.39. The molecule has 0 heterocycles. The lowest BCUT2D eigenvalue weighted by molar-refractivity contribution is -0.123. The summed E-state index contributed by atoms with van der Waals surface area (Å²) in [5.74, 6) is 0.480. The molecule has 5 nitrogen and oxygen atoms in total. The Bertz CT molecular complexity index is 402. The second-order valence-corrected chi connectivity index (χ2v) is 6.59. The third-order valence-corrected chi connectivity index (χ3v) is 4.60. The summed E-state index contributed by atoms with van der Waals surface area (Å²) in [5, 5.41) is 21.9. The Kier molecular flexibility index (Phi) is 4.66. The molecule has 0 aliphatic heterocycles. The van der Waals surface area contributed by atoms with Crippen LogP contribution in [-0.2, 0) is 4.79 Å². The summed E-state index contributed by atoms with van der Waals surface area (Å²) < 4.78 is 0. The zero-order chi connectivity index (χ0) is 14.8. The van der Waals surface area contributed by atoms with Crippen LogP contribution in [0.2, 0.25) is 0 Å². The van der Waals surface area contributed by atoms with Crippen LogP contribution in [0.1, 0.15) is 39.0 Å². The maximum absolute atomic E-state index is 12.0. The number of carbonyl (C=O) groups is 1. The SMILES string of the molecule is CN(CC(=O)NC(C)(C#N)C1CC1)CC1CCCC1O. The quantitative estimate of drug-likeness (QED) is 0.757. The first-order chi connectivity index (χ1) is 9.44. The van der Waals surface area contributed by atoms with E-state index in [-0.39, 0.29) is 24.5 Å². The largest absolute Gasteiger partial charge is 0.393 e. The zero-order valence-corrected chi connectivity index (χ0v) is 12.4. The highest BCUT2D eigenvalue weighted by Gasteiger charge is 2.43. The molecule has 0 saturated heterocycles. The number of nitrogens with one attached hydrogen (secondary N) is 1. The molecule has 0 aromatic carbocycles. The minimum Gasteiger partial charge on any atom is -0.393 e. The van der Waals surface area contributed by atoms with E-state index >= 15 is 0 Å². The molecule has 0 bridgehead atoms. The predicted octanol–water partition coefficient (Wildman–Crippen LogP) is 0.888. The van der Waals surface area contributed by atoms with Gasteiger partial charge in [-0.05, 0) is 51.5 Å². The highest BCUT2D eigenvalue weighted by molar-refractivity contribution is 5.79. The van der Waals surface area contributed by atoms with Crippen molar-refractivity contribution in [3.63, 3.8) is 0 Å². The van der Waals surface area contributed by atoms with E-state index in [1.165, 1.54) is 0 Å². The van der Waals surface area contributed by atoms with Gasteiger partial charge in [-0.25, -0.2) is 0 Å². The summed E-state index contributed by atoms with van der Waals surface area (Å²) in [6, 6.07) is 2.23. The molecule has 0 aromatic rings. The van der Waals surface area contributed by atoms with E-state index in [2.05, 4.69) is 11.4 Å². The first-order valence-electron chi connectivity index (χ1n) is 7.53. The van der Waals surface area contributed by atoms with E-state index in [4.69, 9.17) is 0 Å². The Morgan fingerprint density at radius 1 is 1.45 bits per heavy atom. The lowest BCUT2D eigenvalue weighted by Gasteiger charge is -2.26. The Hall–Kier alpha value is -1.12. The van der Waals surface area contributed by atoms with Crippen LogP contribution in [0.4, 0.5) is 0 Å². The number of aliphatic hydroxyl groups is 1. The van der Waals surface area contributed by atoms with Crippen LogP contribution in [-0.4, -0.2) is 47.7 Å². The van der Waals surface area contributed by atoms with Gasteiger partial charge in [-0.3, -0.25) is 9.69 Å². The maximum atomic E-state index is 12.0. The Morgan fingerprint density at radius 3 is 2.65 bits per heavy atom. The molecule has 3 atom stereocenters. The second kappa shape index (κ2) is 6.11. The van der Waals surface area contributed by atoms with Crippen molar-refractivity contribution in [3.05, 3.63) is 0 Å². The number of aliphatic hydroxyl groups excluding tert-OH is 1. The second-order valence-electron chi connectivity index (χ2n) is 6.59. The fourth-order valence-electron chi connectivity index (χ4n) is 3.15. The summed E-state index contributed by atoms with van der Waals surface area (Å²) in [5.41, 5.74) is -0.717. The average molecular weight is 279 g/mol. The van der Waals surface area contributed by atoms with Crippen LogP contribution >= 0.6 is 0 Å². The number of carbonyl (C=O) groups excluding carboxylic acids is 1.